The van der Waals surface area contributed by atoms with Gasteiger partial charge in [0.15, 0.2) is 11.5 Å². The van der Waals surface area contributed by atoms with Gasteiger partial charge in [0.05, 0.1) is 11.6 Å². The molecule has 0 aliphatic heterocycles. The normalized spacial score (nSPS) is 11.2. The number of anilines is 1. The Morgan fingerprint density at radius 1 is 1.03 bits per heavy atom. The van der Waals surface area contributed by atoms with E-state index in [2.05, 4.69) is 21.2 Å². The molecule has 3 aromatic carbocycles. The van der Waals surface area contributed by atoms with Crippen LogP contribution in [0.5, 0.6) is 11.5 Å². The Balaban J connectivity index is 1.83. The highest BCUT2D eigenvalue weighted by Crippen LogP contribution is 2.38. The lowest BCUT2D eigenvalue weighted by molar-refractivity contribution is 0.389. The minimum absolute atomic E-state index is 0.0732. The summed E-state index contributed by atoms with van der Waals surface area (Å²) in [6, 6.07) is 15.7. The lowest BCUT2D eigenvalue weighted by Crippen LogP contribution is -2.11. The zero-order valence-corrected chi connectivity index (χ0v) is 19.9. The molecule has 0 unspecified atom stereocenters. The number of aryl methyl sites for hydroxylation is 2. The van der Waals surface area contributed by atoms with Gasteiger partial charge in [0.1, 0.15) is 4.90 Å². The fraction of sp³-hybridized carbons (Fsp3) is 0.182. The first-order chi connectivity index (χ1) is 14.2. The predicted octanol–water partition coefficient (Wildman–Crippen LogP) is 6.11. The van der Waals surface area contributed by atoms with Gasteiger partial charge in [-0.15, -0.1) is 0 Å². The van der Waals surface area contributed by atoms with Gasteiger partial charge in [-0.05, 0) is 77.3 Å². The molecule has 0 fully saturated rings. The predicted molar refractivity (Wildman–Crippen MR) is 123 cm³/mol. The molecule has 3 rings (SSSR count). The Hall–Kier alpha value is -2.22. The Morgan fingerprint density at radius 3 is 2.37 bits per heavy atom. The summed E-state index contributed by atoms with van der Waals surface area (Å²) >= 11 is 9.57. The first-order valence-electron chi connectivity index (χ1n) is 9.07. The van der Waals surface area contributed by atoms with Crippen LogP contribution in [0.2, 0.25) is 5.02 Å². The van der Waals surface area contributed by atoms with Crippen LogP contribution < -0.4 is 14.2 Å². The summed E-state index contributed by atoms with van der Waals surface area (Å²) < 4.78 is 36.6. The average Bonchev–Trinajstić information content (AvgIpc) is 2.70. The van der Waals surface area contributed by atoms with Gasteiger partial charge in [0.2, 0.25) is 0 Å². The monoisotopic (exact) mass is 509 g/mol. The minimum Gasteiger partial charge on any atom is -0.493 e. The van der Waals surface area contributed by atoms with Crippen LogP contribution in [0.1, 0.15) is 16.7 Å². The second-order valence-corrected chi connectivity index (χ2v) is 9.58. The van der Waals surface area contributed by atoms with Gasteiger partial charge in [0.25, 0.3) is 0 Å². The largest absolute Gasteiger partial charge is 0.493 e. The SMILES string of the molecule is COc1cc(CNc2ccc(C)c(Cl)c2)cc(Br)c1OS(=O)(=O)c1ccc(C)cc1. The zero-order chi connectivity index (χ0) is 21.9. The maximum Gasteiger partial charge on any atom is 0.339 e. The molecule has 0 aromatic heterocycles. The maximum absolute atomic E-state index is 12.7. The number of rotatable bonds is 7. The molecule has 0 heterocycles. The van der Waals surface area contributed by atoms with Gasteiger partial charge in [-0.25, -0.2) is 0 Å². The van der Waals surface area contributed by atoms with Crippen LogP contribution in [0, 0.1) is 13.8 Å². The van der Waals surface area contributed by atoms with Crippen LogP contribution in [0.25, 0.3) is 0 Å². The van der Waals surface area contributed by atoms with E-state index in [4.69, 9.17) is 20.5 Å². The van der Waals surface area contributed by atoms with Crippen molar-refractivity contribution < 1.29 is 17.3 Å². The smallest absolute Gasteiger partial charge is 0.339 e. The molecule has 30 heavy (non-hydrogen) atoms. The molecule has 0 atom stereocenters. The van der Waals surface area contributed by atoms with Gasteiger partial charge in [-0.2, -0.15) is 8.42 Å². The van der Waals surface area contributed by atoms with E-state index in [0.29, 0.717) is 21.8 Å². The summed E-state index contributed by atoms with van der Waals surface area (Å²) in [6.45, 7) is 4.31. The molecule has 0 bridgehead atoms. The molecule has 0 spiro atoms. The van der Waals surface area contributed by atoms with Gasteiger partial charge >= 0.3 is 10.1 Å². The second kappa shape index (κ2) is 9.29. The Kier molecular flexibility index (Phi) is 6.95. The fourth-order valence-corrected chi connectivity index (χ4v) is 4.54. The topological polar surface area (TPSA) is 64.6 Å². The van der Waals surface area contributed by atoms with E-state index in [1.54, 1.807) is 24.3 Å². The van der Waals surface area contributed by atoms with E-state index in [9.17, 15) is 8.42 Å². The summed E-state index contributed by atoms with van der Waals surface area (Å²) in [5, 5.41) is 3.97. The van der Waals surface area contributed by atoms with Crippen LogP contribution in [0.15, 0.2) is 64.0 Å². The molecule has 158 valence electrons. The number of nitrogens with one attached hydrogen (secondary N) is 1. The molecule has 0 amide bonds. The highest BCUT2D eigenvalue weighted by atomic mass is 79.9. The van der Waals surface area contributed by atoms with Crippen molar-refractivity contribution in [3.05, 3.63) is 80.8 Å². The van der Waals surface area contributed by atoms with Gasteiger partial charge in [0, 0.05) is 17.3 Å². The lowest BCUT2D eigenvalue weighted by atomic mass is 10.2. The molecule has 8 heteroatoms. The zero-order valence-electron chi connectivity index (χ0n) is 16.7. The molecule has 0 aliphatic carbocycles. The third kappa shape index (κ3) is 5.28. The van der Waals surface area contributed by atoms with Crippen molar-refractivity contribution >= 4 is 43.3 Å². The molecule has 0 saturated carbocycles. The summed E-state index contributed by atoms with van der Waals surface area (Å²) in [7, 11) is -2.54. The molecule has 1 N–H and O–H groups in total. The molecular formula is C22H21BrClNO4S. The van der Waals surface area contributed by atoms with Crippen LogP contribution >= 0.6 is 27.5 Å². The molecule has 0 radical (unpaired) electrons. The van der Waals surface area contributed by atoms with Crippen molar-refractivity contribution in [3.8, 4) is 11.5 Å². The summed E-state index contributed by atoms with van der Waals surface area (Å²) in [4.78, 5) is 0.0732. The number of benzene rings is 3. The van der Waals surface area contributed by atoms with Crippen molar-refractivity contribution in [2.75, 3.05) is 12.4 Å². The first-order valence-corrected chi connectivity index (χ1v) is 11.6. The third-order valence-electron chi connectivity index (χ3n) is 4.46. The Morgan fingerprint density at radius 2 is 1.73 bits per heavy atom. The molecule has 0 saturated heterocycles. The van der Waals surface area contributed by atoms with E-state index < -0.39 is 10.1 Å². The van der Waals surface area contributed by atoms with E-state index in [1.165, 1.54) is 19.2 Å². The third-order valence-corrected chi connectivity index (χ3v) is 6.69. The van der Waals surface area contributed by atoms with Gasteiger partial charge in [-0.1, -0.05) is 35.4 Å². The highest BCUT2D eigenvalue weighted by Gasteiger charge is 2.22. The number of hydrogen-bond acceptors (Lipinski definition) is 5. The van der Waals surface area contributed by atoms with E-state index >= 15 is 0 Å². The Bertz CT molecular complexity index is 1160. The average molecular weight is 511 g/mol. The fourth-order valence-electron chi connectivity index (χ4n) is 2.73. The molecular weight excluding hydrogens is 490 g/mol. The highest BCUT2D eigenvalue weighted by molar-refractivity contribution is 9.10. The Labute approximate surface area is 190 Å². The van der Waals surface area contributed by atoms with Crippen LogP contribution in [0.4, 0.5) is 5.69 Å². The van der Waals surface area contributed by atoms with E-state index in [-0.39, 0.29) is 10.6 Å². The van der Waals surface area contributed by atoms with Gasteiger partial charge < -0.3 is 14.2 Å². The van der Waals surface area contributed by atoms with Gasteiger partial charge in [-0.3, -0.25) is 0 Å². The lowest BCUT2D eigenvalue weighted by Gasteiger charge is -2.15. The maximum atomic E-state index is 12.7. The van der Waals surface area contributed by atoms with Crippen LogP contribution in [0.3, 0.4) is 0 Å². The van der Waals surface area contributed by atoms with Crippen LogP contribution in [-0.4, -0.2) is 15.5 Å². The summed E-state index contributed by atoms with van der Waals surface area (Å²) in [5.74, 6) is 0.402. The summed E-state index contributed by atoms with van der Waals surface area (Å²) in [5.41, 5.74) is 3.71. The van der Waals surface area contributed by atoms with Crippen molar-refractivity contribution in [1.29, 1.82) is 0 Å². The van der Waals surface area contributed by atoms with E-state index in [1.807, 2.05) is 32.0 Å². The first kappa shape index (κ1) is 22.5. The van der Waals surface area contributed by atoms with Crippen molar-refractivity contribution in [2.24, 2.45) is 0 Å². The molecule has 5 nitrogen and oxygen atoms in total. The van der Waals surface area contributed by atoms with Crippen LogP contribution in [-0.2, 0) is 16.7 Å². The number of ether oxygens (including phenoxy) is 1. The van der Waals surface area contributed by atoms with Crippen molar-refractivity contribution in [2.45, 2.75) is 25.3 Å². The standard InChI is InChI=1S/C22H21BrClNO4S/c1-14-4-8-18(9-5-14)30(26,27)29-22-19(23)10-16(11-21(22)28-3)13-25-17-7-6-15(2)20(24)12-17/h4-12,25H,13H2,1-3H3. The molecule has 0 aliphatic rings. The number of halogens is 2. The van der Waals surface area contributed by atoms with E-state index in [0.717, 1.165) is 22.4 Å². The van der Waals surface area contributed by atoms with Crippen molar-refractivity contribution in [3.63, 3.8) is 0 Å². The molecule has 3 aromatic rings. The second-order valence-electron chi connectivity index (χ2n) is 6.78. The quantitative estimate of drug-likeness (QED) is 0.389. The summed E-state index contributed by atoms with van der Waals surface area (Å²) in [6.07, 6.45) is 0. The minimum atomic E-state index is -4.00. The van der Waals surface area contributed by atoms with Crippen molar-refractivity contribution in [1.82, 2.24) is 0 Å². The number of methoxy groups -OCH3 is 1. The number of hydrogen-bond donors (Lipinski definition) is 1.